The van der Waals surface area contributed by atoms with Gasteiger partial charge in [0.25, 0.3) is 0 Å². The number of benzene rings is 4. The first-order chi connectivity index (χ1) is 13.3. The number of ether oxygens (including phenoxy) is 1. The Labute approximate surface area is 190 Å². The molecule has 0 atom stereocenters. The number of nitrogens with two attached hydrogens (primary N) is 1. The van der Waals surface area contributed by atoms with Crippen molar-refractivity contribution in [2.45, 2.75) is 4.90 Å². The summed E-state index contributed by atoms with van der Waals surface area (Å²) in [7, 11) is -2.38. The number of methoxy groups -OCH3 is 1. The Kier molecular flexibility index (Phi) is 5.27. The fourth-order valence-corrected chi connectivity index (χ4v) is 6.74. The Hall–Kier alpha value is -1.43. The molecule has 4 nitrogen and oxygen atoms in total. The van der Waals surface area contributed by atoms with Crippen LogP contribution >= 0.6 is 45.2 Å². The van der Waals surface area contributed by atoms with Gasteiger partial charge in [0.1, 0.15) is 10.6 Å². The number of fused-ring (bicyclic) bond motifs is 2. The van der Waals surface area contributed by atoms with Crippen LogP contribution in [-0.4, -0.2) is 15.5 Å². The van der Waals surface area contributed by atoms with E-state index in [-0.39, 0.29) is 4.90 Å². The normalized spacial score (nSPS) is 11.9. The Bertz CT molecular complexity index is 1350. The molecule has 0 aliphatic rings. The first-order valence-electron chi connectivity index (χ1n) is 8.32. The molecule has 0 unspecified atom stereocenters. The molecule has 0 aliphatic carbocycles. The summed E-state index contributed by atoms with van der Waals surface area (Å²) in [6.07, 6.45) is 0. The minimum atomic E-state index is -3.98. The lowest BCUT2D eigenvalue weighted by Gasteiger charge is -2.19. The van der Waals surface area contributed by atoms with Gasteiger partial charge in [-0.2, -0.15) is 0 Å². The molecule has 0 saturated carbocycles. The molecule has 28 heavy (non-hydrogen) atoms. The van der Waals surface area contributed by atoms with Gasteiger partial charge in [0.05, 0.1) is 10.7 Å². The van der Waals surface area contributed by atoms with Crippen molar-refractivity contribution in [1.82, 2.24) is 0 Å². The molecule has 2 N–H and O–H groups in total. The van der Waals surface area contributed by atoms with Crippen molar-refractivity contribution in [3.8, 4) is 16.9 Å². The fraction of sp³-hybridized carbons (Fsp3) is 0.0476. The minimum absolute atomic E-state index is 0.122. The molecule has 0 radical (unpaired) electrons. The number of hydrogen-bond acceptors (Lipinski definition) is 3. The fourth-order valence-electron chi connectivity index (χ4n) is 3.56. The molecular weight excluding hydrogens is 600 g/mol. The van der Waals surface area contributed by atoms with Gasteiger partial charge in [-0.3, -0.25) is 0 Å². The second-order valence-electron chi connectivity index (χ2n) is 6.32. The van der Waals surface area contributed by atoms with Gasteiger partial charge in [-0.05, 0) is 78.9 Å². The lowest BCUT2D eigenvalue weighted by Crippen LogP contribution is -2.16. The van der Waals surface area contributed by atoms with Crippen molar-refractivity contribution in [2.75, 3.05) is 7.11 Å². The second-order valence-corrected chi connectivity index (χ2v) is 10.1. The van der Waals surface area contributed by atoms with Crippen LogP contribution in [0, 0.1) is 7.14 Å². The summed E-state index contributed by atoms with van der Waals surface area (Å²) in [5.41, 5.74) is 1.32. The summed E-state index contributed by atoms with van der Waals surface area (Å²) < 4.78 is 32.5. The van der Waals surface area contributed by atoms with Crippen LogP contribution in [0.25, 0.3) is 32.7 Å². The van der Waals surface area contributed by atoms with Crippen LogP contribution in [0.4, 0.5) is 0 Å². The van der Waals surface area contributed by atoms with Crippen molar-refractivity contribution in [3.63, 3.8) is 0 Å². The molecule has 0 fully saturated rings. The summed E-state index contributed by atoms with van der Waals surface area (Å²) in [5.74, 6) is 0.636. The van der Waals surface area contributed by atoms with Crippen molar-refractivity contribution in [3.05, 3.63) is 67.8 Å². The average molecular weight is 615 g/mol. The number of sulfonamides is 1. The van der Waals surface area contributed by atoms with Crippen LogP contribution in [-0.2, 0) is 10.0 Å². The SMILES string of the molecule is COc1c(I)cc2ccccc2c1-c1c(S(N)(=O)=O)c(I)cc2ccccc12. The smallest absolute Gasteiger partial charge is 0.239 e. The molecule has 0 aliphatic heterocycles. The highest BCUT2D eigenvalue weighted by Gasteiger charge is 2.26. The van der Waals surface area contributed by atoms with E-state index in [0.29, 0.717) is 14.9 Å². The summed E-state index contributed by atoms with van der Waals surface area (Å²) in [6.45, 7) is 0. The van der Waals surface area contributed by atoms with E-state index in [4.69, 9.17) is 9.88 Å². The molecule has 0 amide bonds. The van der Waals surface area contributed by atoms with Crippen molar-refractivity contribution in [2.24, 2.45) is 5.14 Å². The zero-order valence-corrected chi connectivity index (χ0v) is 19.9. The molecule has 0 aromatic heterocycles. The quantitative estimate of drug-likeness (QED) is 0.309. The molecule has 4 rings (SSSR count). The van der Waals surface area contributed by atoms with Crippen LogP contribution in [0.15, 0.2) is 65.6 Å². The van der Waals surface area contributed by atoms with Crippen molar-refractivity contribution in [1.29, 1.82) is 0 Å². The maximum absolute atomic E-state index is 12.6. The third-order valence-electron chi connectivity index (χ3n) is 4.65. The van der Waals surface area contributed by atoms with Gasteiger partial charge in [-0.25, -0.2) is 13.6 Å². The zero-order valence-electron chi connectivity index (χ0n) is 14.7. The molecule has 0 saturated heterocycles. The highest BCUT2D eigenvalue weighted by molar-refractivity contribution is 14.1. The van der Waals surface area contributed by atoms with E-state index in [1.54, 1.807) is 7.11 Å². The molecule has 0 heterocycles. The third kappa shape index (κ3) is 3.27. The summed E-state index contributed by atoms with van der Waals surface area (Å²) in [6, 6.07) is 19.5. The van der Waals surface area contributed by atoms with Crippen LogP contribution in [0.5, 0.6) is 5.75 Å². The van der Waals surface area contributed by atoms with E-state index >= 15 is 0 Å². The Balaban J connectivity index is 2.35. The number of primary sulfonamides is 1. The maximum Gasteiger partial charge on any atom is 0.239 e. The lowest BCUT2D eigenvalue weighted by molar-refractivity contribution is 0.414. The zero-order chi connectivity index (χ0) is 20.1. The molecule has 4 aromatic carbocycles. The second kappa shape index (κ2) is 7.43. The predicted molar refractivity (Wildman–Crippen MR) is 130 cm³/mol. The van der Waals surface area contributed by atoms with Crippen molar-refractivity contribution < 1.29 is 13.2 Å². The van der Waals surface area contributed by atoms with Gasteiger partial charge < -0.3 is 4.74 Å². The van der Waals surface area contributed by atoms with E-state index < -0.39 is 10.0 Å². The van der Waals surface area contributed by atoms with Gasteiger partial charge in [0.15, 0.2) is 0 Å². The summed E-state index contributed by atoms with van der Waals surface area (Å²) in [5, 5.41) is 9.37. The Morgan fingerprint density at radius 2 is 1.32 bits per heavy atom. The molecule has 0 bridgehead atoms. The van der Waals surface area contributed by atoms with Gasteiger partial charge >= 0.3 is 0 Å². The standard InChI is InChI=1S/C21H15I2NO3S/c1-27-20-16(22)10-12-6-2-4-8-14(12)18(20)19-15-9-5-3-7-13(15)11-17(23)21(19)28(24,25)26/h2-11H,1H3,(H2,24,25,26). The molecule has 7 heteroatoms. The maximum atomic E-state index is 12.6. The lowest BCUT2D eigenvalue weighted by atomic mass is 9.93. The average Bonchev–Trinajstić information content (AvgIpc) is 2.65. The Morgan fingerprint density at radius 1 is 0.821 bits per heavy atom. The van der Waals surface area contributed by atoms with Crippen LogP contribution < -0.4 is 9.88 Å². The van der Waals surface area contributed by atoms with Gasteiger partial charge in [0.2, 0.25) is 10.0 Å². The molecule has 0 spiro atoms. The summed E-state index contributed by atoms with van der Waals surface area (Å²) in [4.78, 5) is 0.122. The Morgan fingerprint density at radius 3 is 1.86 bits per heavy atom. The van der Waals surface area contributed by atoms with Crippen LogP contribution in [0.1, 0.15) is 0 Å². The van der Waals surface area contributed by atoms with Gasteiger partial charge in [-0.1, -0.05) is 48.5 Å². The molecule has 4 aromatic rings. The van der Waals surface area contributed by atoms with E-state index in [2.05, 4.69) is 22.6 Å². The van der Waals surface area contributed by atoms with Crippen LogP contribution in [0.2, 0.25) is 0 Å². The minimum Gasteiger partial charge on any atom is -0.495 e. The monoisotopic (exact) mass is 615 g/mol. The van der Waals surface area contributed by atoms with E-state index in [9.17, 15) is 8.42 Å². The largest absolute Gasteiger partial charge is 0.495 e. The van der Waals surface area contributed by atoms with Gasteiger partial charge in [-0.15, -0.1) is 0 Å². The topological polar surface area (TPSA) is 69.4 Å². The van der Waals surface area contributed by atoms with E-state index in [1.807, 2.05) is 83.3 Å². The first-order valence-corrected chi connectivity index (χ1v) is 12.0. The van der Waals surface area contributed by atoms with E-state index in [0.717, 1.165) is 30.7 Å². The third-order valence-corrected chi connectivity index (χ3v) is 7.66. The number of rotatable bonds is 3. The van der Waals surface area contributed by atoms with E-state index in [1.165, 1.54) is 0 Å². The van der Waals surface area contributed by atoms with Gasteiger partial charge in [0, 0.05) is 14.7 Å². The van der Waals surface area contributed by atoms with Crippen molar-refractivity contribution >= 4 is 76.7 Å². The highest BCUT2D eigenvalue weighted by atomic mass is 127. The summed E-state index contributed by atoms with van der Waals surface area (Å²) >= 11 is 4.26. The molecule has 142 valence electrons. The number of hydrogen-bond donors (Lipinski definition) is 1. The van der Waals surface area contributed by atoms with Crippen LogP contribution in [0.3, 0.4) is 0 Å². The highest BCUT2D eigenvalue weighted by Crippen LogP contribution is 2.46. The number of halogens is 2. The molecular formula is C21H15I2NO3S. The predicted octanol–water partition coefficient (Wildman–Crippen LogP) is 5.53. The first kappa shape index (κ1) is 19.9.